The zero-order chi connectivity index (χ0) is 17.2. The van der Waals surface area contributed by atoms with Crippen LogP contribution in [-0.2, 0) is 21.2 Å². The van der Waals surface area contributed by atoms with Gasteiger partial charge in [-0.3, -0.25) is 4.79 Å². The lowest BCUT2D eigenvalue weighted by atomic mass is 10.1. The quantitative estimate of drug-likeness (QED) is 0.830. The van der Waals surface area contributed by atoms with Crippen LogP contribution in [-0.4, -0.2) is 48.1 Å². The number of hydrogen-bond donors (Lipinski definition) is 0. The Bertz CT molecular complexity index is 836. The number of imidazole rings is 1. The number of benzene rings is 1. The number of piperidine rings is 1. The number of amides is 1. The van der Waals surface area contributed by atoms with Crippen molar-refractivity contribution in [2.45, 2.75) is 43.8 Å². The van der Waals surface area contributed by atoms with E-state index in [2.05, 4.69) is 4.98 Å². The van der Waals surface area contributed by atoms with Gasteiger partial charge >= 0.3 is 0 Å². The van der Waals surface area contributed by atoms with Gasteiger partial charge in [0.25, 0.3) is 0 Å². The van der Waals surface area contributed by atoms with E-state index >= 15 is 0 Å². The molecule has 1 aromatic carbocycles. The van der Waals surface area contributed by atoms with Gasteiger partial charge in [-0.2, -0.15) is 0 Å². The van der Waals surface area contributed by atoms with Crippen molar-refractivity contribution >= 4 is 26.8 Å². The molecule has 0 aliphatic carbocycles. The number of aryl methyl sites for hydroxylation is 1. The molecular weight excluding hydrogens is 326 g/mol. The van der Waals surface area contributed by atoms with Crippen LogP contribution in [0, 0.1) is 0 Å². The largest absolute Gasteiger partial charge is 0.343 e. The van der Waals surface area contributed by atoms with Gasteiger partial charge in [-0.05, 0) is 37.8 Å². The molecule has 1 fully saturated rings. The van der Waals surface area contributed by atoms with Crippen LogP contribution in [0.1, 0.15) is 32.1 Å². The van der Waals surface area contributed by atoms with Crippen LogP contribution in [0.5, 0.6) is 0 Å². The number of rotatable bonds is 5. The topological polar surface area (TPSA) is 72.3 Å². The summed E-state index contributed by atoms with van der Waals surface area (Å²) in [7, 11) is -3.41. The van der Waals surface area contributed by atoms with E-state index in [0.29, 0.717) is 24.9 Å². The maximum atomic E-state index is 12.3. The van der Waals surface area contributed by atoms with Crippen molar-refractivity contribution in [3.05, 3.63) is 24.3 Å². The van der Waals surface area contributed by atoms with Crippen LogP contribution in [0.4, 0.5) is 0 Å². The SMILES string of the molecule is CS(=O)(=O)c1nc2ccccc2n1CCCC(=O)N1CCCCC1. The molecule has 130 valence electrons. The Morgan fingerprint density at radius 3 is 2.58 bits per heavy atom. The number of nitrogens with zero attached hydrogens (tertiary/aromatic N) is 3. The summed E-state index contributed by atoms with van der Waals surface area (Å²) >= 11 is 0. The molecule has 0 atom stereocenters. The monoisotopic (exact) mass is 349 g/mol. The maximum absolute atomic E-state index is 12.3. The Labute approximate surface area is 142 Å². The minimum atomic E-state index is -3.41. The second-order valence-electron chi connectivity index (χ2n) is 6.35. The molecule has 1 saturated heterocycles. The van der Waals surface area contributed by atoms with Crippen LogP contribution in [0.15, 0.2) is 29.4 Å². The summed E-state index contributed by atoms with van der Waals surface area (Å²) in [5.41, 5.74) is 1.46. The lowest BCUT2D eigenvalue weighted by Gasteiger charge is -2.26. The number of para-hydroxylation sites is 2. The van der Waals surface area contributed by atoms with Gasteiger partial charge < -0.3 is 9.47 Å². The van der Waals surface area contributed by atoms with E-state index < -0.39 is 9.84 Å². The first-order valence-corrected chi connectivity index (χ1v) is 10.3. The van der Waals surface area contributed by atoms with Crippen LogP contribution in [0.3, 0.4) is 0 Å². The van der Waals surface area contributed by atoms with Gasteiger partial charge in [0.15, 0.2) is 0 Å². The molecule has 1 aromatic heterocycles. The molecular formula is C17H23N3O3S. The van der Waals surface area contributed by atoms with E-state index in [1.54, 1.807) is 10.6 Å². The third-order valence-corrected chi connectivity index (χ3v) is 5.41. The zero-order valence-corrected chi connectivity index (χ0v) is 14.8. The van der Waals surface area contributed by atoms with E-state index in [1.165, 1.54) is 12.7 Å². The minimum absolute atomic E-state index is 0.0779. The summed E-state index contributed by atoms with van der Waals surface area (Å²) in [5.74, 6) is 0.167. The van der Waals surface area contributed by atoms with E-state index in [1.807, 2.05) is 23.1 Å². The molecule has 0 spiro atoms. The first-order chi connectivity index (χ1) is 11.5. The Morgan fingerprint density at radius 1 is 1.17 bits per heavy atom. The number of fused-ring (bicyclic) bond motifs is 1. The van der Waals surface area contributed by atoms with Crippen LogP contribution >= 0.6 is 0 Å². The smallest absolute Gasteiger partial charge is 0.228 e. The van der Waals surface area contributed by atoms with Gasteiger partial charge in [-0.15, -0.1) is 0 Å². The Hall–Kier alpha value is -1.89. The minimum Gasteiger partial charge on any atom is -0.343 e. The first-order valence-electron chi connectivity index (χ1n) is 8.40. The number of likely N-dealkylation sites (tertiary alicyclic amines) is 1. The third-order valence-electron chi connectivity index (χ3n) is 4.43. The molecule has 0 bridgehead atoms. The number of sulfone groups is 1. The highest BCUT2D eigenvalue weighted by Gasteiger charge is 2.20. The lowest BCUT2D eigenvalue weighted by Crippen LogP contribution is -2.35. The van der Waals surface area contributed by atoms with E-state index in [4.69, 9.17) is 0 Å². The van der Waals surface area contributed by atoms with Gasteiger partial charge in [-0.1, -0.05) is 12.1 Å². The average Bonchev–Trinajstić information content (AvgIpc) is 2.95. The Morgan fingerprint density at radius 2 is 1.88 bits per heavy atom. The lowest BCUT2D eigenvalue weighted by molar-refractivity contribution is -0.132. The molecule has 0 saturated carbocycles. The standard InChI is InChI=1S/C17H23N3O3S/c1-24(22,23)17-18-14-8-3-4-9-15(14)20(17)13-7-10-16(21)19-11-5-2-6-12-19/h3-4,8-9H,2,5-7,10-13H2,1H3. The average molecular weight is 349 g/mol. The predicted molar refractivity (Wildman–Crippen MR) is 92.5 cm³/mol. The van der Waals surface area contributed by atoms with Crippen molar-refractivity contribution in [1.29, 1.82) is 0 Å². The molecule has 0 unspecified atom stereocenters. The molecule has 3 rings (SSSR count). The summed E-state index contributed by atoms with van der Waals surface area (Å²) < 4.78 is 25.7. The van der Waals surface area contributed by atoms with Gasteiger partial charge in [-0.25, -0.2) is 13.4 Å². The number of carbonyl (C=O) groups excluding carboxylic acids is 1. The predicted octanol–water partition coefficient (Wildman–Crippen LogP) is 2.23. The highest BCUT2D eigenvalue weighted by atomic mass is 32.2. The van der Waals surface area contributed by atoms with Crippen molar-refractivity contribution < 1.29 is 13.2 Å². The van der Waals surface area contributed by atoms with E-state index in [0.717, 1.165) is 31.4 Å². The summed E-state index contributed by atoms with van der Waals surface area (Å²) in [6.07, 6.45) is 5.58. The second-order valence-corrected chi connectivity index (χ2v) is 8.26. The Balaban J connectivity index is 1.73. The van der Waals surface area contributed by atoms with E-state index in [9.17, 15) is 13.2 Å². The molecule has 0 N–H and O–H groups in total. The van der Waals surface area contributed by atoms with Crippen LogP contribution in [0.25, 0.3) is 11.0 Å². The normalized spacial score (nSPS) is 15.8. The second kappa shape index (κ2) is 6.93. The first kappa shape index (κ1) is 17.0. The van der Waals surface area contributed by atoms with Crippen LogP contribution in [0.2, 0.25) is 0 Å². The Kier molecular flexibility index (Phi) is 4.89. The number of aromatic nitrogens is 2. The molecule has 6 nitrogen and oxygen atoms in total. The van der Waals surface area contributed by atoms with Crippen molar-refractivity contribution in [1.82, 2.24) is 14.5 Å². The summed E-state index contributed by atoms with van der Waals surface area (Å²) in [6.45, 7) is 2.17. The number of carbonyl (C=O) groups is 1. The highest BCUT2D eigenvalue weighted by molar-refractivity contribution is 7.90. The van der Waals surface area contributed by atoms with Crippen LogP contribution < -0.4 is 0 Å². The van der Waals surface area contributed by atoms with Crippen molar-refractivity contribution in [2.24, 2.45) is 0 Å². The summed E-state index contributed by atoms with van der Waals surface area (Å²) in [6, 6.07) is 7.37. The molecule has 1 aliphatic rings. The van der Waals surface area contributed by atoms with Gasteiger partial charge in [0.1, 0.15) is 0 Å². The molecule has 0 radical (unpaired) electrons. The third kappa shape index (κ3) is 3.61. The fourth-order valence-electron chi connectivity index (χ4n) is 3.24. The fraction of sp³-hybridized carbons (Fsp3) is 0.529. The molecule has 1 amide bonds. The number of hydrogen-bond acceptors (Lipinski definition) is 4. The highest BCUT2D eigenvalue weighted by Crippen LogP contribution is 2.20. The molecule has 1 aliphatic heterocycles. The molecule has 2 heterocycles. The fourth-order valence-corrected chi connectivity index (χ4v) is 4.10. The van der Waals surface area contributed by atoms with Crippen molar-refractivity contribution in [3.63, 3.8) is 0 Å². The van der Waals surface area contributed by atoms with Gasteiger partial charge in [0.2, 0.25) is 20.9 Å². The zero-order valence-electron chi connectivity index (χ0n) is 13.9. The molecule has 7 heteroatoms. The van der Waals surface area contributed by atoms with Gasteiger partial charge in [0, 0.05) is 32.3 Å². The summed E-state index contributed by atoms with van der Waals surface area (Å²) in [5, 5.41) is 0.0779. The van der Waals surface area contributed by atoms with E-state index in [-0.39, 0.29) is 11.1 Å². The maximum Gasteiger partial charge on any atom is 0.228 e. The van der Waals surface area contributed by atoms with Gasteiger partial charge in [0.05, 0.1) is 11.0 Å². The molecule has 2 aromatic rings. The molecule has 24 heavy (non-hydrogen) atoms. The van der Waals surface area contributed by atoms with Crippen molar-refractivity contribution in [3.8, 4) is 0 Å². The van der Waals surface area contributed by atoms with Crippen molar-refractivity contribution in [2.75, 3.05) is 19.3 Å². The summed E-state index contributed by atoms with van der Waals surface area (Å²) in [4.78, 5) is 18.4.